The van der Waals surface area contributed by atoms with Gasteiger partial charge in [0.15, 0.2) is 0 Å². The Balaban J connectivity index is 0.00000529. The van der Waals surface area contributed by atoms with Gasteiger partial charge in [0.1, 0.15) is 11.9 Å². The largest absolute Gasteiger partial charge is 0.489 e. The molecule has 1 unspecified atom stereocenters. The first-order chi connectivity index (χ1) is 10.8. The summed E-state index contributed by atoms with van der Waals surface area (Å²) >= 11 is 0. The second-order valence-electron chi connectivity index (χ2n) is 6.03. The molecule has 0 saturated heterocycles. The summed E-state index contributed by atoms with van der Waals surface area (Å²) in [5, 5.41) is 5.24. The molecule has 0 heterocycles. The smallest absolute Gasteiger partial charge is 0.239 e. The van der Waals surface area contributed by atoms with Gasteiger partial charge in [0, 0.05) is 0 Å². The van der Waals surface area contributed by atoms with Gasteiger partial charge in [0.25, 0.3) is 0 Å². The van der Waals surface area contributed by atoms with Crippen molar-refractivity contribution in [3.05, 3.63) is 29.8 Å². The van der Waals surface area contributed by atoms with Crippen LogP contribution >= 0.6 is 12.4 Å². The van der Waals surface area contributed by atoms with E-state index in [1.807, 2.05) is 52.0 Å². The number of hydrogen-bond donors (Lipinski definition) is 3. The first-order valence-corrected chi connectivity index (χ1v) is 7.83. The normalized spacial score (nSPS) is 12.8. The molecule has 136 valence electrons. The van der Waals surface area contributed by atoms with Crippen LogP contribution in [-0.4, -0.2) is 37.0 Å². The number of amides is 2. The van der Waals surface area contributed by atoms with Crippen LogP contribution in [0.4, 0.5) is 0 Å². The number of benzene rings is 1. The summed E-state index contributed by atoms with van der Waals surface area (Å²) in [5.74, 6) is 0.197. The van der Waals surface area contributed by atoms with Gasteiger partial charge in [-0.1, -0.05) is 31.5 Å². The molecule has 1 rings (SSSR count). The first-order valence-electron chi connectivity index (χ1n) is 7.83. The molecule has 6 nitrogen and oxygen atoms in total. The number of halogens is 1. The molecular weight excluding hydrogens is 330 g/mol. The van der Waals surface area contributed by atoms with Crippen molar-refractivity contribution < 1.29 is 14.3 Å². The lowest BCUT2D eigenvalue weighted by molar-refractivity contribution is -0.127. The van der Waals surface area contributed by atoms with Crippen LogP contribution in [0.5, 0.6) is 5.75 Å². The van der Waals surface area contributed by atoms with Gasteiger partial charge in [-0.25, -0.2) is 0 Å². The monoisotopic (exact) mass is 357 g/mol. The number of rotatable bonds is 8. The molecule has 0 fully saturated rings. The lowest BCUT2D eigenvalue weighted by Crippen LogP contribution is -2.47. The van der Waals surface area contributed by atoms with E-state index in [9.17, 15) is 9.59 Å². The van der Waals surface area contributed by atoms with Crippen LogP contribution in [0.3, 0.4) is 0 Å². The number of aryl methyl sites for hydroxylation is 1. The summed E-state index contributed by atoms with van der Waals surface area (Å²) in [6.07, 6.45) is -0.171. The fourth-order valence-corrected chi connectivity index (χ4v) is 1.80. The standard InChI is InChI=1S/C17H27N3O3.ClH/c1-11(2)16(18)17(22)20-10-15(21)19-9-13(4)23-14-7-5-12(3)6-8-14;/h5-8,11,13,16H,9-10,18H2,1-4H3,(H,19,21)(H,20,22);1H/t13?,16-;/m0./s1. The molecule has 0 aromatic heterocycles. The molecule has 24 heavy (non-hydrogen) atoms. The molecule has 0 aliphatic carbocycles. The molecule has 2 atom stereocenters. The quantitative estimate of drug-likeness (QED) is 0.655. The van der Waals surface area contributed by atoms with Gasteiger partial charge >= 0.3 is 0 Å². The summed E-state index contributed by atoms with van der Waals surface area (Å²) in [6, 6.07) is 7.11. The van der Waals surface area contributed by atoms with Crippen molar-refractivity contribution in [1.29, 1.82) is 0 Å². The maximum atomic E-state index is 11.7. The zero-order chi connectivity index (χ0) is 17.4. The van der Waals surface area contributed by atoms with Crippen LogP contribution in [0.25, 0.3) is 0 Å². The molecule has 0 bridgehead atoms. The average Bonchev–Trinajstić information content (AvgIpc) is 2.51. The van der Waals surface area contributed by atoms with Crippen LogP contribution in [0.2, 0.25) is 0 Å². The van der Waals surface area contributed by atoms with Gasteiger partial charge < -0.3 is 21.1 Å². The number of ether oxygens (including phenoxy) is 1. The predicted molar refractivity (Wildman–Crippen MR) is 97.3 cm³/mol. The van der Waals surface area contributed by atoms with E-state index in [0.717, 1.165) is 11.3 Å². The molecule has 4 N–H and O–H groups in total. The molecular formula is C17H28ClN3O3. The molecule has 0 saturated carbocycles. The zero-order valence-electron chi connectivity index (χ0n) is 14.7. The molecule has 0 spiro atoms. The number of carbonyl (C=O) groups excluding carboxylic acids is 2. The number of hydrogen-bond acceptors (Lipinski definition) is 4. The highest BCUT2D eigenvalue weighted by Gasteiger charge is 2.17. The van der Waals surface area contributed by atoms with E-state index in [1.54, 1.807) is 0 Å². The van der Waals surface area contributed by atoms with Gasteiger partial charge in [0.05, 0.1) is 19.1 Å². The third-order valence-electron chi connectivity index (χ3n) is 3.39. The molecule has 7 heteroatoms. The van der Waals surface area contributed by atoms with Crippen LogP contribution < -0.4 is 21.1 Å². The SMILES string of the molecule is Cc1ccc(OC(C)CNC(=O)CNC(=O)[C@@H](N)C(C)C)cc1.Cl. The van der Waals surface area contributed by atoms with Gasteiger partial charge in [0.2, 0.25) is 11.8 Å². The van der Waals surface area contributed by atoms with Crippen molar-refractivity contribution in [1.82, 2.24) is 10.6 Å². The van der Waals surface area contributed by atoms with Crippen LogP contribution in [0.15, 0.2) is 24.3 Å². The van der Waals surface area contributed by atoms with Crippen molar-refractivity contribution in [3.8, 4) is 5.75 Å². The van der Waals surface area contributed by atoms with E-state index in [1.165, 1.54) is 0 Å². The third-order valence-corrected chi connectivity index (χ3v) is 3.39. The minimum absolute atomic E-state index is 0. The number of nitrogens with one attached hydrogen (secondary N) is 2. The van der Waals surface area contributed by atoms with Gasteiger partial charge in [-0.05, 0) is 31.9 Å². The average molecular weight is 358 g/mol. The maximum Gasteiger partial charge on any atom is 0.239 e. The van der Waals surface area contributed by atoms with Crippen molar-refractivity contribution in [2.45, 2.75) is 39.8 Å². The van der Waals surface area contributed by atoms with Crippen molar-refractivity contribution in [2.24, 2.45) is 11.7 Å². The zero-order valence-corrected chi connectivity index (χ0v) is 15.5. The van der Waals surface area contributed by atoms with Crippen LogP contribution in [0, 0.1) is 12.8 Å². The highest BCUT2D eigenvalue weighted by Crippen LogP contribution is 2.12. The van der Waals surface area contributed by atoms with E-state index in [4.69, 9.17) is 10.5 Å². The summed E-state index contributed by atoms with van der Waals surface area (Å²) < 4.78 is 5.69. The van der Waals surface area contributed by atoms with E-state index in [-0.39, 0.29) is 42.8 Å². The van der Waals surface area contributed by atoms with Crippen molar-refractivity contribution in [2.75, 3.05) is 13.1 Å². The lowest BCUT2D eigenvalue weighted by atomic mass is 10.1. The van der Waals surface area contributed by atoms with E-state index in [0.29, 0.717) is 6.54 Å². The Hall–Kier alpha value is -1.79. The Morgan fingerprint density at radius 2 is 1.71 bits per heavy atom. The topological polar surface area (TPSA) is 93.5 Å². The van der Waals surface area contributed by atoms with Gasteiger partial charge in [-0.3, -0.25) is 9.59 Å². The minimum Gasteiger partial charge on any atom is -0.489 e. The number of nitrogens with two attached hydrogens (primary N) is 1. The molecule has 1 aromatic carbocycles. The molecule has 2 amide bonds. The first kappa shape index (κ1) is 22.2. The molecule has 1 aromatic rings. The van der Waals surface area contributed by atoms with E-state index >= 15 is 0 Å². The minimum atomic E-state index is -0.605. The van der Waals surface area contributed by atoms with Gasteiger partial charge in [-0.15, -0.1) is 12.4 Å². The lowest BCUT2D eigenvalue weighted by Gasteiger charge is -2.17. The molecule has 0 aliphatic heterocycles. The maximum absolute atomic E-state index is 11.7. The Morgan fingerprint density at radius 3 is 2.25 bits per heavy atom. The Labute approximate surface area is 149 Å². The summed E-state index contributed by atoms with van der Waals surface area (Å²) in [5.41, 5.74) is 6.86. The third kappa shape index (κ3) is 8.17. The molecule has 0 radical (unpaired) electrons. The fraction of sp³-hybridized carbons (Fsp3) is 0.529. The Bertz CT molecular complexity index is 520. The molecule has 0 aliphatic rings. The summed E-state index contributed by atoms with van der Waals surface area (Å²) in [4.78, 5) is 23.4. The Morgan fingerprint density at radius 1 is 1.12 bits per heavy atom. The number of carbonyl (C=O) groups is 2. The highest BCUT2D eigenvalue weighted by molar-refractivity contribution is 5.87. The summed E-state index contributed by atoms with van der Waals surface area (Å²) in [6.45, 7) is 7.86. The van der Waals surface area contributed by atoms with Crippen molar-refractivity contribution in [3.63, 3.8) is 0 Å². The van der Waals surface area contributed by atoms with Crippen molar-refractivity contribution >= 4 is 24.2 Å². The highest BCUT2D eigenvalue weighted by atomic mass is 35.5. The van der Waals surface area contributed by atoms with E-state index < -0.39 is 6.04 Å². The van der Waals surface area contributed by atoms with Gasteiger partial charge in [-0.2, -0.15) is 0 Å². The summed E-state index contributed by atoms with van der Waals surface area (Å²) in [7, 11) is 0. The predicted octanol–water partition coefficient (Wildman–Crippen LogP) is 1.40. The second-order valence-corrected chi connectivity index (χ2v) is 6.03. The van der Waals surface area contributed by atoms with E-state index in [2.05, 4.69) is 10.6 Å². The fourth-order valence-electron chi connectivity index (χ4n) is 1.80. The Kier molecular flexibility index (Phi) is 10.1. The van der Waals surface area contributed by atoms with Crippen LogP contribution in [0.1, 0.15) is 26.3 Å². The second kappa shape index (κ2) is 10.9. The van der Waals surface area contributed by atoms with Crippen LogP contribution in [-0.2, 0) is 9.59 Å².